The van der Waals surface area contributed by atoms with E-state index in [-0.39, 0.29) is 5.02 Å². The highest BCUT2D eigenvalue weighted by molar-refractivity contribution is 6.31. The Morgan fingerprint density at radius 3 is 2.52 bits per heavy atom. The normalized spacial score (nSPS) is 10.8. The van der Waals surface area contributed by atoms with E-state index >= 15 is 0 Å². The van der Waals surface area contributed by atoms with Gasteiger partial charge in [0.05, 0.1) is 10.6 Å². The maximum atomic E-state index is 14.3. The Morgan fingerprint density at radius 2 is 1.81 bits per heavy atom. The third-order valence-electron chi connectivity index (χ3n) is 3.36. The number of nitrogens with zero attached hydrogens (tertiary/aromatic N) is 2. The number of nitrogens with two attached hydrogens (primary N) is 1. The molecule has 0 saturated carbocycles. The van der Waals surface area contributed by atoms with Gasteiger partial charge in [-0.25, -0.2) is 4.39 Å². The largest absolute Gasteiger partial charge is 0.383 e. The molecule has 21 heavy (non-hydrogen) atoms. The summed E-state index contributed by atoms with van der Waals surface area (Å²) in [6, 6.07) is 14.4. The van der Waals surface area contributed by atoms with Crippen molar-refractivity contribution < 1.29 is 4.39 Å². The van der Waals surface area contributed by atoms with E-state index in [0.29, 0.717) is 22.6 Å². The molecular formula is C16H13ClFN3. The summed E-state index contributed by atoms with van der Waals surface area (Å²) in [6.45, 7) is 0. The Morgan fingerprint density at radius 1 is 1.10 bits per heavy atom. The topological polar surface area (TPSA) is 43.8 Å². The number of rotatable bonds is 2. The summed E-state index contributed by atoms with van der Waals surface area (Å²) in [5.74, 6) is -0.00924. The van der Waals surface area contributed by atoms with Gasteiger partial charge in [-0.05, 0) is 17.7 Å². The lowest BCUT2D eigenvalue weighted by Crippen LogP contribution is -1.97. The van der Waals surface area contributed by atoms with Crippen molar-refractivity contribution in [1.29, 1.82) is 0 Å². The molecule has 1 aromatic heterocycles. The Kier molecular flexibility index (Phi) is 3.39. The molecule has 3 rings (SSSR count). The van der Waals surface area contributed by atoms with Crippen molar-refractivity contribution in [3.63, 3.8) is 0 Å². The molecular weight excluding hydrogens is 289 g/mol. The second kappa shape index (κ2) is 5.22. The van der Waals surface area contributed by atoms with Gasteiger partial charge in [0, 0.05) is 12.6 Å². The van der Waals surface area contributed by atoms with Gasteiger partial charge in [-0.1, -0.05) is 48.0 Å². The van der Waals surface area contributed by atoms with Gasteiger partial charge in [0.25, 0.3) is 0 Å². The van der Waals surface area contributed by atoms with E-state index in [1.807, 2.05) is 30.3 Å². The van der Waals surface area contributed by atoms with Crippen molar-refractivity contribution >= 4 is 17.4 Å². The number of halogens is 2. The highest BCUT2D eigenvalue weighted by Gasteiger charge is 2.20. The lowest BCUT2D eigenvalue weighted by molar-refractivity contribution is 0.630. The molecule has 106 valence electrons. The second-order valence-electron chi connectivity index (χ2n) is 4.70. The van der Waals surface area contributed by atoms with E-state index in [4.69, 9.17) is 17.3 Å². The van der Waals surface area contributed by atoms with Crippen LogP contribution in [0.5, 0.6) is 0 Å². The lowest BCUT2D eigenvalue weighted by Gasteiger charge is -2.06. The summed E-state index contributed by atoms with van der Waals surface area (Å²) in [4.78, 5) is 0. The molecule has 0 unspecified atom stereocenters. The maximum Gasteiger partial charge on any atom is 0.151 e. The fourth-order valence-electron chi connectivity index (χ4n) is 2.30. The average molecular weight is 302 g/mol. The van der Waals surface area contributed by atoms with Gasteiger partial charge in [0.2, 0.25) is 0 Å². The summed E-state index contributed by atoms with van der Waals surface area (Å²) in [5.41, 5.74) is 8.53. The maximum absolute atomic E-state index is 14.3. The fraction of sp³-hybridized carbons (Fsp3) is 0.0625. The Hall–Kier alpha value is -2.33. The van der Waals surface area contributed by atoms with E-state index in [1.165, 1.54) is 10.7 Å². The first-order chi connectivity index (χ1) is 10.1. The number of aryl methyl sites for hydroxylation is 1. The molecule has 0 bridgehead atoms. The zero-order chi connectivity index (χ0) is 15.0. The molecule has 1 heterocycles. The van der Waals surface area contributed by atoms with E-state index in [1.54, 1.807) is 19.2 Å². The lowest BCUT2D eigenvalue weighted by atomic mass is 10.0. The van der Waals surface area contributed by atoms with Crippen LogP contribution in [0, 0.1) is 5.82 Å². The molecule has 0 aliphatic heterocycles. The van der Waals surface area contributed by atoms with Crippen LogP contribution < -0.4 is 5.73 Å². The first-order valence-electron chi connectivity index (χ1n) is 6.42. The van der Waals surface area contributed by atoms with Crippen LogP contribution in [0.1, 0.15) is 0 Å². The van der Waals surface area contributed by atoms with Crippen molar-refractivity contribution in [1.82, 2.24) is 9.78 Å². The van der Waals surface area contributed by atoms with Crippen molar-refractivity contribution in [3.8, 4) is 22.4 Å². The van der Waals surface area contributed by atoms with E-state index in [0.717, 1.165) is 5.56 Å². The predicted molar refractivity (Wildman–Crippen MR) is 83.5 cm³/mol. The first kappa shape index (κ1) is 13.6. The highest BCUT2D eigenvalue weighted by Crippen LogP contribution is 2.37. The van der Waals surface area contributed by atoms with E-state index < -0.39 is 5.82 Å². The van der Waals surface area contributed by atoms with Crippen LogP contribution in [-0.2, 0) is 7.05 Å². The van der Waals surface area contributed by atoms with Crippen LogP contribution in [0.15, 0.2) is 48.5 Å². The van der Waals surface area contributed by atoms with Crippen LogP contribution in [-0.4, -0.2) is 9.78 Å². The first-order valence-corrected chi connectivity index (χ1v) is 6.79. The van der Waals surface area contributed by atoms with Crippen LogP contribution in [0.2, 0.25) is 5.02 Å². The monoisotopic (exact) mass is 301 g/mol. The van der Waals surface area contributed by atoms with Gasteiger partial charge in [0.1, 0.15) is 11.5 Å². The van der Waals surface area contributed by atoms with Crippen LogP contribution in [0.4, 0.5) is 10.2 Å². The van der Waals surface area contributed by atoms with Gasteiger partial charge < -0.3 is 5.73 Å². The summed E-state index contributed by atoms with van der Waals surface area (Å²) >= 11 is 5.87. The van der Waals surface area contributed by atoms with E-state index in [9.17, 15) is 4.39 Å². The quantitative estimate of drug-likeness (QED) is 0.773. The van der Waals surface area contributed by atoms with E-state index in [2.05, 4.69) is 5.10 Å². The minimum atomic E-state index is -0.491. The SMILES string of the molecule is Cn1nc(-c2cccc(Cl)c2F)c(-c2ccccc2)c1N. The minimum absolute atomic E-state index is 0.0655. The van der Waals surface area contributed by atoms with Gasteiger partial charge >= 0.3 is 0 Å². The summed E-state index contributed by atoms with van der Waals surface area (Å²) in [6.07, 6.45) is 0. The number of benzene rings is 2. The summed E-state index contributed by atoms with van der Waals surface area (Å²) in [5, 5.41) is 4.42. The van der Waals surface area contributed by atoms with Crippen molar-refractivity contribution in [3.05, 3.63) is 59.4 Å². The molecule has 0 atom stereocenters. The molecule has 3 aromatic rings. The zero-order valence-corrected chi connectivity index (χ0v) is 12.1. The molecule has 3 nitrogen and oxygen atoms in total. The van der Waals surface area contributed by atoms with Gasteiger partial charge in [-0.3, -0.25) is 4.68 Å². The molecule has 0 fully saturated rings. The fourth-order valence-corrected chi connectivity index (χ4v) is 2.48. The number of hydrogen-bond acceptors (Lipinski definition) is 2. The Balaban J connectivity index is 2.30. The van der Waals surface area contributed by atoms with Gasteiger partial charge in [-0.2, -0.15) is 5.10 Å². The highest BCUT2D eigenvalue weighted by atomic mass is 35.5. The van der Waals surface area contributed by atoms with Crippen molar-refractivity contribution in [2.24, 2.45) is 7.05 Å². The van der Waals surface area contributed by atoms with Crippen molar-refractivity contribution in [2.45, 2.75) is 0 Å². The molecule has 0 radical (unpaired) electrons. The molecule has 2 aromatic carbocycles. The standard InChI is InChI=1S/C16H13ClFN3/c1-21-16(19)13(10-6-3-2-4-7-10)15(20-21)11-8-5-9-12(17)14(11)18/h2-9H,19H2,1H3. The molecule has 0 amide bonds. The summed E-state index contributed by atoms with van der Waals surface area (Å²) in [7, 11) is 1.73. The number of hydrogen-bond donors (Lipinski definition) is 1. The number of anilines is 1. The molecule has 5 heteroatoms. The molecule has 0 saturated heterocycles. The third kappa shape index (κ3) is 2.28. The zero-order valence-electron chi connectivity index (χ0n) is 11.3. The smallest absolute Gasteiger partial charge is 0.151 e. The Labute approximate surface area is 126 Å². The predicted octanol–water partition coefficient (Wildman–Crippen LogP) is 4.13. The molecule has 0 spiro atoms. The average Bonchev–Trinajstić information content (AvgIpc) is 2.78. The number of aromatic nitrogens is 2. The third-order valence-corrected chi connectivity index (χ3v) is 3.65. The van der Waals surface area contributed by atoms with Crippen LogP contribution in [0.25, 0.3) is 22.4 Å². The molecule has 0 aliphatic carbocycles. The van der Waals surface area contributed by atoms with Gasteiger partial charge in [-0.15, -0.1) is 0 Å². The summed E-state index contributed by atoms with van der Waals surface area (Å²) < 4.78 is 15.8. The second-order valence-corrected chi connectivity index (χ2v) is 5.11. The molecule has 0 aliphatic rings. The number of nitrogen functional groups attached to an aromatic ring is 1. The van der Waals surface area contributed by atoms with Crippen LogP contribution in [0.3, 0.4) is 0 Å². The minimum Gasteiger partial charge on any atom is -0.383 e. The Bertz CT molecular complexity index is 797. The van der Waals surface area contributed by atoms with Crippen molar-refractivity contribution in [2.75, 3.05) is 5.73 Å². The molecule has 2 N–H and O–H groups in total. The van der Waals surface area contributed by atoms with Gasteiger partial charge in [0.15, 0.2) is 5.82 Å². The van der Waals surface area contributed by atoms with Crippen LogP contribution >= 0.6 is 11.6 Å².